The standard InChI is InChI=1S/C22H26N2O/c25-21(14-24-6-5-19-3-1-2-4-20(19)13-24)23-15-22-10-16-7-17(11-22)9-18(8-16)12-22/h1-6,13,16-18H,7-12,14-15H2/p+1. The van der Waals surface area contributed by atoms with Gasteiger partial charge in [-0.05, 0) is 73.1 Å². The Morgan fingerprint density at radius 3 is 2.32 bits per heavy atom. The first-order valence-corrected chi connectivity index (χ1v) is 9.82. The number of carbonyl (C=O) groups excluding carboxylic acids is 1. The number of benzene rings is 1. The minimum absolute atomic E-state index is 0.149. The van der Waals surface area contributed by atoms with Crippen LogP contribution in [0.4, 0.5) is 0 Å². The maximum absolute atomic E-state index is 12.5. The van der Waals surface area contributed by atoms with Gasteiger partial charge in [0.15, 0.2) is 12.4 Å². The molecule has 1 aromatic carbocycles. The normalized spacial score (nSPS) is 32.9. The van der Waals surface area contributed by atoms with E-state index in [0.717, 1.165) is 24.3 Å². The van der Waals surface area contributed by atoms with E-state index in [1.807, 2.05) is 22.9 Å². The fourth-order valence-electron chi connectivity index (χ4n) is 6.29. The van der Waals surface area contributed by atoms with Crippen molar-refractivity contribution in [1.29, 1.82) is 0 Å². The third-order valence-electron chi connectivity index (χ3n) is 6.90. The van der Waals surface area contributed by atoms with Crippen LogP contribution in [-0.4, -0.2) is 12.5 Å². The SMILES string of the molecule is O=C(C[n+]1ccc2ccccc2c1)NCC12CC3CC(CC(C3)C1)C2. The number of nitrogens with one attached hydrogen (secondary N) is 1. The molecule has 0 aliphatic heterocycles. The fraction of sp³-hybridized carbons (Fsp3) is 0.545. The summed E-state index contributed by atoms with van der Waals surface area (Å²) >= 11 is 0. The Morgan fingerprint density at radius 1 is 1.00 bits per heavy atom. The molecule has 4 aliphatic rings. The average molecular weight is 335 g/mol. The summed E-state index contributed by atoms with van der Waals surface area (Å²) in [6.45, 7) is 1.31. The van der Waals surface area contributed by atoms with Crippen LogP contribution in [0.2, 0.25) is 0 Å². The van der Waals surface area contributed by atoms with Crippen LogP contribution in [0.3, 0.4) is 0 Å². The van der Waals surface area contributed by atoms with Crippen LogP contribution in [0.5, 0.6) is 0 Å². The number of amides is 1. The lowest BCUT2D eigenvalue weighted by atomic mass is 9.49. The molecule has 3 nitrogen and oxygen atoms in total. The van der Waals surface area contributed by atoms with Crippen molar-refractivity contribution in [1.82, 2.24) is 5.32 Å². The predicted molar refractivity (Wildman–Crippen MR) is 97.8 cm³/mol. The first-order chi connectivity index (χ1) is 12.2. The van der Waals surface area contributed by atoms with E-state index in [2.05, 4.69) is 29.7 Å². The van der Waals surface area contributed by atoms with Crippen molar-refractivity contribution in [2.75, 3.05) is 6.54 Å². The van der Waals surface area contributed by atoms with Gasteiger partial charge in [0.2, 0.25) is 6.54 Å². The number of fused-ring (bicyclic) bond motifs is 1. The second-order valence-electron chi connectivity index (χ2n) is 8.94. The van der Waals surface area contributed by atoms with Crippen molar-refractivity contribution >= 4 is 16.7 Å². The highest BCUT2D eigenvalue weighted by Gasteiger charge is 2.50. The molecule has 0 atom stereocenters. The lowest BCUT2D eigenvalue weighted by Gasteiger charge is -2.56. The molecule has 0 unspecified atom stereocenters. The monoisotopic (exact) mass is 335 g/mol. The van der Waals surface area contributed by atoms with Crippen LogP contribution < -0.4 is 9.88 Å². The lowest BCUT2D eigenvalue weighted by Crippen LogP contribution is -2.52. The van der Waals surface area contributed by atoms with Gasteiger partial charge in [0, 0.05) is 18.0 Å². The van der Waals surface area contributed by atoms with E-state index in [1.54, 1.807) is 0 Å². The first-order valence-electron chi connectivity index (χ1n) is 9.82. The highest BCUT2D eigenvalue weighted by molar-refractivity contribution is 5.80. The summed E-state index contributed by atoms with van der Waals surface area (Å²) in [6, 6.07) is 10.4. The highest BCUT2D eigenvalue weighted by Crippen LogP contribution is 2.59. The zero-order valence-electron chi connectivity index (χ0n) is 14.8. The zero-order chi connectivity index (χ0) is 16.9. The average Bonchev–Trinajstić information content (AvgIpc) is 2.59. The van der Waals surface area contributed by atoms with E-state index in [9.17, 15) is 4.79 Å². The molecule has 25 heavy (non-hydrogen) atoms. The topological polar surface area (TPSA) is 33.0 Å². The van der Waals surface area contributed by atoms with Crippen molar-refractivity contribution in [2.45, 2.75) is 45.1 Å². The highest BCUT2D eigenvalue weighted by atomic mass is 16.1. The summed E-state index contributed by atoms with van der Waals surface area (Å²) < 4.78 is 2.00. The van der Waals surface area contributed by atoms with Gasteiger partial charge in [0.05, 0.1) is 0 Å². The van der Waals surface area contributed by atoms with E-state index in [1.165, 1.54) is 49.3 Å². The summed E-state index contributed by atoms with van der Waals surface area (Å²) in [5.41, 5.74) is 0.415. The molecule has 2 aromatic rings. The molecule has 0 saturated heterocycles. The van der Waals surface area contributed by atoms with Crippen molar-refractivity contribution in [2.24, 2.45) is 23.2 Å². The number of pyridine rings is 1. The second kappa shape index (κ2) is 5.82. The quantitative estimate of drug-likeness (QED) is 0.853. The zero-order valence-corrected chi connectivity index (χ0v) is 14.8. The maximum atomic E-state index is 12.5. The summed E-state index contributed by atoms with van der Waals surface area (Å²) in [5, 5.41) is 5.67. The molecule has 0 radical (unpaired) electrons. The summed E-state index contributed by atoms with van der Waals surface area (Å²) in [7, 11) is 0. The van der Waals surface area contributed by atoms with Gasteiger partial charge in [-0.3, -0.25) is 4.79 Å². The van der Waals surface area contributed by atoms with Crippen LogP contribution in [0, 0.1) is 23.2 Å². The molecule has 4 saturated carbocycles. The summed E-state index contributed by atoms with van der Waals surface area (Å²) in [5.74, 6) is 2.98. The molecule has 1 amide bonds. The summed E-state index contributed by atoms with van der Waals surface area (Å²) in [6.07, 6.45) is 12.5. The number of nitrogens with zero attached hydrogens (tertiary/aromatic N) is 1. The molecule has 1 aromatic heterocycles. The van der Waals surface area contributed by atoms with Crippen molar-refractivity contribution in [3.8, 4) is 0 Å². The molecule has 3 heteroatoms. The van der Waals surface area contributed by atoms with Crippen molar-refractivity contribution in [3.05, 3.63) is 42.7 Å². The van der Waals surface area contributed by atoms with Crippen molar-refractivity contribution < 1.29 is 9.36 Å². The van der Waals surface area contributed by atoms with Gasteiger partial charge in [-0.15, -0.1) is 0 Å². The molecule has 1 heterocycles. The van der Waals surface area contributed by atoms with Gasteiger partial charge < -0.3 is 5.32 Å². The molecule has 130 valence electrons. The fourth-order valence-corrected chi connectivity index (χ4v) is 6.29. The Hall–Kier alpha value is -1.90. The predicted octanol–water partition coefficient (Wildman–Crippen LogP) is 3.46. The molecular formula is C22H27N2O+. The van der Waals surface area contributed by atoms with Gasteiger partial charge in [-0.1, -0.05) is 18.2 Å². The Bertz CT molecular complexity index is 777. The minimum Gasteiger partial charge on any atom is -0.350 e. The van der Waals surface area contributed by atoms with Gasteiger partial charge >= 0.3 is 0 Å². The second-order valence-corrected chi connectivity index (χ2v) is 8.94. The largest absolute Gasteiger partial charge is 0.350 e. The van der Waals surface area contributed by atoms with Crippen LogP contribution in [0.1, 0.15) is 38.5 Å². The number of hydrogen-bond acceptors (Lipinski definition) is 1. The Kier molecular flexibility index (Phi) is 3.58. The molecule has 1 N–H and O–H groups in total. The Balaban J connectivity index is 1.23. The van der Waals surface area contributed by atoms with E-state index in [-0.39, 0.29) is 5.91 Å². The lowest BCUT2D eigenvalue weighted by molar-refractivity contribution is -0.683. The van der Waals surface area contributed by atoms with Crippen LogP contribution in [0.25, 0.3) is 10.8 Å². The van der Waals surface area contributed by atoms with Gasteiger partial charge in [-0.2, -0.15) is 4.57 Å². The Labute approximate surface area is 149 Å². The van der Waals surface area contributed by atoms with Gasteiger partial charge in [0.1, 0.15) is 0 Å². The minimum atomic E-state index is 0.149. The van der Waals surface area contributed by atoms with Crippen molar-refractivity contribution in [3.63, 3.8) is 0 Å². The molecule has 0 spiro atoms. The van der Waals surface area contributed by atoms with E-state index >= 15 is 0 Å². The maximum Gasteiger partial charge on any atom is 0.286 e. The molecule has 4 aliphatic carbocycles. The number of carbonyl (C=O) groups is 1. The van der Waals surface area contributed by atoms with Crippen LogP contribution in [0.15, 0.2) is 42.7 Å². The smallest absolute Gasteiger partial charge is 0.286 e. The van der Waals surface area contributed by atoms with Gasteiger partial charge in [0.25, 0.3) is 5.91 Å². The molecule has 6 rings (SSSR count). The molecule has 4 bridgehead atoms. The Morgan fingerprint density at radius 2 is 1.64 bits per heavy atom. The molecular weight excluding hydrogens is 308 g/mol. The third kappa shape index (κ3) is 2.94. The van der Waals surface area contributed by atoms with E-state index in [0.29, 0.717) is 12.0 Å². The number of rotatable bonds is 4. The third-order valence-corrected chi connectivity index (χ3v) is 6.90. The van der Waals surface area contributed by atoms with E-state index < -0.39 is 0 Å². The first kappa shape index (κ1) is 15.4. The van der Waals surface area contributed by atoms with E-state index in [4.69, 9.17) is 0 Å². The van der Waals surface area contributed by atoms with Gasteiger partial charge in [-0.25, -0.2) is 0 Å². The van der Waals surface area contributed by atoms with Crippen LogP contribution >= 0.6 is 0 Å². The number of aromatic nitrogens is 1. The molecule has 4 fully saturated rings. The van der Waals surface area contributed by atoms with Crippen LogP contribution in [-0.2, 0) is 11.3 Å². The number of hydrogen-bond donors (Lipinski definition) is 1. The summed E-state index contributed by atoms with van der Waals surface area (Å²) in [4.78, 5) is 12.5.